The van der Waals surface area contributed by atoms with E-state index >= 15 is 0 Å². The number of piperidine rings is 1. The second-order valence-electron chi connectivity index (χ2n) is 11.2. The topological polar surface area (TPSA) is 130 Å². The molecule has 0 atom stereocenters. The lowest BCUT2D eigenvalue weighted by Crippen LogP contribution is -2.45. The largest absolute Gasteiger partial charge is 0.481 e. The molecule has 0 unspecified atom stereocenters. The molecule has 1 aliphatic carbocycles. The third-order valence-electron chi connectivity index (χ3n) is 7.45. The molecule has 2 fully saturated rings. The maximum Gasteiger partial charge on any atom is 0.306 e. The second kappa shape index (κ2) is 13.0. The van der Waals surface area contributed by atoms with Crippen molar-refractivity contribution in [3.8, 4) is 17.5 Å². The predicted molar refractivity (Wildman–Crippen MR) is 165 cm³/mol. The van der Waals surface area contributed by atoms with Gasteiger partial charge in [0.2, 0.25) is 17.0 Å². The fraction of sp³-hybridized carbons (Fsp3) is 0.400. The van der Waals surface area contributed by atoms with Crippen molar-refractivity contribution in [2.24, 2.45) is 11.3 Å². The molecule has 0 spiro atoms. The second-order valence-corrected chi connectivity index (χ2v) is 12.9. The van der Waals surface area contributed by atoms with Gasteiger partial charge in [0.1, 0.15) is 5.41 Å². The van der Waals surface area contributed by atoms with Gasteiger partial charge in [-0.3, -0.25) is 14.4 Å². The van der Waals surface area contributed by atoms with Crippen LogP contribution in [0.1, 0.15) is 56.6 Å². The molecule has 2 heterocycles. The first-order valence-electron chi connectivity index (χ1n) is 13.9. The van der Waals surface area contributed by atoms with Gasteiger partial charge in [0, 0.05) is 18.7 Å². The molecule has 13 heteroatoms. The van der Waals surface area contributed by atoms with Crippen LogP contribution in [0.2, 0.25) is 10.0 Å². The smallest absolute Gasteiger partial charge is 0.306 e. The minimum atomic E-state index is -0.967. The van der Waals surface area contributed by atoms with Crippen molar-refractivity contribution in [1.82, 2.24) is 25.1 Å². The fourth-order valence-electron chi connectivity index (χ4n) is 4.80. The van der Waals surface area contributed by atoms with Crippen molar-refractivity contribution < 1.29 is 19.5 Å². The molecule has 2 N–H and O–H groups in total. The van der Waals surface area contributed by atoms with Gasteiger partial charge in [0.05, 0.1) is 33.1 Å². The maximum absolute atomic E-state index is 13.0. The van der Waals surface area contributed by atoms with E-state index in [0.717, 1.165) is 0 Å². The molecule has 1 aromatic heterocycles. The highest BCUT2D eigenvalue weighted by molar-refractivity contribution is 7.99. The van der Waals surface area contributed by atoms with Crippen LogP contribution in [0.25, 0.3) is 5.69 Å². The van der Waals surface area contributed by atoms with Crippen molar-refractivity contribution >= 4 is 58.4 Å². The standard InChI is InChI=1S/C30H30Cl2N6O4S/c1-30(2,28(42)37-13-10-20(11-14-37)27(40)41)12-9-18-3-7-24(22(31)15-18)33-26(39)17-43-29-34-35-36-38(29)25-8-6-21(16-23(25)32)19-4-5-19/h3,6-8,15-16,19-20H,4-5,10-11,13-14,17H2,1-2H3,(H,33,39)(H,40,41). The van der Waals surface area contributed by atoms with E-state index in [2.05, 4.69) is 32.7 Å². The molecule has 1 saturated heterocycles. The Balaban J connectivity index is 1.16. The summed E-state index contributed by atoms with van der Waals surface area (Å²) in [4.78, 5) is 38.7. The number of halogens is 2. The van der Waals surface area contributed by atoms with Gasteiger partial charge in [-0.15, -0.1) is 5.10 Å². The Labute approximate surface area is 263 Å². The van der Waals surface area contributed by atoms with Gasteiger partial charge in [0.15, 0.2) is 0 Å². The fourth-order valence-corrected chi connectivity index (χ4v) is 5.98. The van der Waals surface area contributed by atoms with Crippen molar-refractivity contribution in [2.45, 2.75) is 50.6 Å². The number of carbonyl (C=O) groups is 3. The van der Waals surface area contributed by atoms with E-state index in [9.17, 15) is 19.5 Å². The first-order valence-corrected chi connectivity index (χ1v) is 15.6. The number of rotatable bonds is 8. The number of tetrazole rings is 1. The van der Waals surface area contributed by atoms with E-state index in [1.54, 1.807) is 36.9 Å². The van der Waals surface area contributed by atoms with Crippen molar-refractivity contribution in [1.29, 1.82) is 0 Å². The Hall–Kier alpha value is -3.59. The lowest BCUT2D eigenvalue weighted by atomic mass is 9.89. The molecule has 1 saturated carbocycles. The maximum atomic E-state index is 13.0. The van der Waals surface area contributed by atoms with Crippen LogP contribution in [-0.4, -0.2) is 66.8 Å². The third-order valence-corrected chi connectivity index (χ3v) is 8.99. The van der Waals surface area contributed by atoms with Gasteiger partial charge in [-0.25, -0.2) is 0 Å². The lowest BCUT2D eigenvalue weighted by molar-refractivity contribution is -0.147. The van der Waals surface area contributed by atoms with Crippen molar-refractivity contribution in [3.63, 3.8) is 0 Å². The van der Waals surface area contributed by atoms with Gasteiger partial charge >= 0.3 is 5.97 Å². The van der Waals surface area contributed by atoms with E-state index < -0.39 is 17.3 Å². The molecule has 2 aliphatic rings. The van der Waals surface area contributed by atoms with Crippen LogP contribution in [0.3, 0.4) is 0 Å². The van der Waals surface area contributed by atoms with E-state index in [1.165, 1.54) is 34.8 Å². The summed E-state index contributed by atoms with van der Waals surface area (Å²) >= 11 is 14.1. The number of carboxylic acids is 1. The number of anilines is 1. The van der Waals surface area contributed by atoms with E-state index in [-0.39, 0.29) is 17.6 Å². The number of amides is 2. The summed E-state index contributed by atoms with van der Waals surface area (Å²) in [5, 5.41) is 25.1. The average molecular weight is 642 g/mol. The normalized spacial score (nSPS) is 15.5. The summed E-state index contributed by atoms with van der Waals surface area (Å²) < 4.78 is 1.52. The molecule has 2 amide bonds. The highest BCUT2D eigenvalue weighted by atomic mass is 35.5. The molecule has 10 nitrogen and oxygen atoms in total. The minimum Gasteiger partial charge on any atom is -0.481 e. The first kappa shape index (κ1) is 30.9. The summed E-state index contributed by atoms with van der Waals surface area (Å²) in [6.45, 7) is 4.28. The quantitative estimate of drug-likeness (QED) is 0.251. The Morgan fingerprint density at radius 2 is 1.81 bits per heavy atom. The third kappa shape index (κ3) is 7.50. The number of carbonyl (C=O) groups excluding carboxylic acids is 2. The molecule has 0 bridgehead atoms. The van der Waals surface area contributed by atoms with E-state index in [1.807, 2.05) is 18.2 Å². The Bertz CT molecular complexity index is 1620. The Kier molecular flexibility index (Phi) is 9.30. The summed E-state index contributed by atoms with van der Waals surface area (Å²) in [5.74, 6) is 4.97. The number of aromatic nitrogens is 4. The van der Waals surface area contributed by atoms with Crippen LogP contribution in [-0.2, 0) is 14.4 Å². The molecule has 224 valence electrons. The number of nitrogens with zero attached hydrogens (tertiary/aromatic N) is 5. The molecular formula is C30H30Cl2N6O4S. The Morgan fingerprint density at radius 1 is 1.07 bits per heavy atom. The van der Waals surface area contributed by atoms with Crippen LogP contribution in [0.4, 0.5) is 5.69 Å². The predicted octanol–water partition coefficient (Wildman–Crippen LogP) is 5.28. The molecule has 0 radical (unpaired) electrons. The van der Waals surface area contributed by atoms with Gasteiger partial charge in [-0.1, -0.05) is 52.9 Å². The van der Waals surface area contributed by atoms with Gasteiger partial charge < -0.3 is 15.3 Å². The van der Waals surface area contributed by atoms with Crippen LogP contribution < -0.4 is 5.32 Å². The first-order chi connectivity index (χ1) is 20.5. The molecule has 1 aliphatic heterocycles. The Morgan fingerprint density at radius 3 is 2.47 bits per heavy atom. The number of likely N-dealkylation sites (tertiary alicyclic amines) is 1. The highest BCUT2D eigenvalue weighted by Crippen LogP contribution is 2.41. The molecular weight excluding hydrogens is 611 g/mol. The zero-order valence-electron chi connectivity index (χ0n) is 23.6. The van der Waals surface area contributed by atoms with Gasteiger partial charge in [-0.2, -0.15) is 4.68 Å². The minimum absolute atomic E-state index is 0.0377. The molecule has 43 heavy (non-hydrogen) atoms. The van der Waals surface area contributed by atoms with Crippen LogP contribution in [0.15, 0.2) is 41.6 Å². The number of benzene rings is 2. The summed E-state index contributed by atoms with van der Waals surface area (Å²) in [7, 11) is 0. The van der Waals surface area contributed by atoms with Crippen LogP contribution in [0.5, 0.6) is 0 Å². The zero-order chi connectivity index (χ0) is 30.7. The number of aliphatic carboxylic acids is 1. The van der Waals surface area contributed by atoms with Crippen molar-refractivity contribution in [2.75, 3.05) is 24.2 Å². The highest BCUT2D eigenvalue weighted by Gasteiger charge is 2.34. The number of thioether (sulfide) groups is 1. The number of carboxylic acid groups (broad SMARTS) is 1. The summed E-state index contributed by atoms with van der Waals surface area (Å²) in [6, 6.07) is 10.9. The monoisotopic (exact) mass is 640 g/mol. The lowest BCUT2D eigenvalue weighted by Gasteiger charge is -2.34. The van der Waals surface area contributed by atoms with Gasteiger partial charge in [-0.05, 0) is 91.8 Å². The molecule has 5 rings (SSSR count). The number of hydrogen-bond donors (Lipinski definition) is 2. The van der Waals surface area contributed by atoms with E-state index in [0.29, 0.717) is 64.0 Å². The van der Waals surface area contributed by atoms with Crippen molar-refractivity contribution in [3.05, 3.63) is 57.6 Å². The summed E-state index contributed by atoms with van der Waals surface area (Å²) in [5.41, 5.74) is 1.90. The van der Waals surface area contributed by atoms with Crippen LogP contribution >= 0.6 is 35.0 Å². The molecule has 3 aromatic rings. The average Bonchev–Trinajstić information content (AvgIpc) is 3.74. The van der Waals surface area contributed by atoms with E-state index in [4.69, 9.17) is 23.2 Å². The zero-order valence-corrected chi connectivity index (χ0v) is 26.0. The summed E-state index contributed by atoms with van der Waals surface area (Å²) in [6.07, 6.45) is 3.22. The number of nitrogens with one attached hydrogen (secondary N) is 1. The van der Waals surface area contributed by atoms with Gasteiger partial charge in [0.25, 0.3) is 0 Å². The van der Waals surface area contributed by atoms with Crippen LogP contribution in [0, 0.1) is 23.2 Å². The SMILES string of the molecule is CC(C)(C#Cc1ccc(NC(=O)CSc2nnnn2-c2ccc(C3CC3)cc2Cl)c(Cl)c1)C(=O)N1CCC(C(=O)O)CC1. The molecule has 2 aromatic carbocycles. The number of hydrogen-bond acceptors (Lipinski definition) is 7.